The van der Waals surface area contributed by atoms with E-state index in [1.807, 2.05) is 66.7 Å². The third-order valence-corrected chi connectivity index (χ3v) is 6.78. The van der Waals surface area contributed by atoms with Crippen molar-refractivity contribution in [1.29, 1.82) is 0 Å². The van der Waals surface area contributed by atoms with Gasteiger partial charge in [-0.1, -0.05) is 99.6 Å². The van der Waals surface area contributed by atoms with Crippen LogP contribution < -0.4 is 11.5 Å². The first-order valence-corrected chi connectivity index (χ1v) is 13.2. The summed E-state index contributed by atoms with van der Waals surface area (Å²) in [6, 6.07) is 28.1. The Morgan fingerprint density at radius 3 is 2.03 bits per heavy atom. The predicted molar refractivity (Wildman–Crippen MR) is 155 cm³/mol. The van der Waals surface area contributed by atoms with Crippen LogP contribution in [0.1, 0.15) is 55.0 Å². The van der Waals surface area contributed by atoms with Gasteiger partial charge in [-0.2, -0.15) is 0 Å². The van der Waals surface area contributed by atoms with Crippen molar-refractivity contribution < 1.29 is 9.59 Å². The second kappa shape index (κ2) is 12.1. The topological polar surface area (TPSA) is 107 Å². The number of nitrogens with two attached hydrogens (primary N) is 2. The molecule has 0 saturated heterocycles. The van der Waals surface area contributed by atoms with Gasteiger partial charge in [0.15, 0.2) is 0 Å². The number of amides is 2. The van der Waals surface area contributed by atoms with Gasteiger partial charge in [-0.15, -0.1) is 0 Å². The number of hydrogen-bond donors (Lipinski definition) is 2. The Kier molecular flexibility index (Phi) is 8.62. The van der Waals surface area contributed by atoms with E-state index in [9.17, 15) is 9.59 Å². The molecule has 0 aliphatic rings. The van der Waals surface area contributed by atoms with Gasteiger partial charge in [-0.25, -0.2) is 4.98 Å². The lowest BCUT2D eigenvalue weighted by Crippen LogP contribution is -2.46. The molecule has 4 aromatic rings. The molecule has 39 heavy (non-hydrogen) atoms. The number of primary amides is 1. The summed E-state index contributed by atoms with van der Waals surface area (Å²) < 4.78 is 2.13. The fourth-order valence-electron chi connectivity index (χ4n) is 4.81. The molecule has 1 heterocycles. The highest BCUT2D eigenvalue weighted by Crippen LogP contribution is 2.40. The molecule has 0 bridgehead atoms. The van der Waals surface area contributed by atoms with Crippen molar-refractivity contribution in [3.8, 4) is 11.3 Å². The molecule has 4 N–H and O–H groups in total. The highest BCUT2D eigenvalue weighted by Gasteiger charge is 2.39. The lowest BCUT2D eigenvalue weighted by atomic mass is 9.84. The number of benzene rings is 3. The maximum absolute atomic E-state index is 14.1. The molecule has 0 spiro atoms. The third-order valence-electron chi connectivity index (χ3n) is 6.78. The smallest absolute Gasteiger partial charge is 0.254 e. The van der Waals surface area contributed by atoms with Gasteiger partial charge >= 0.3 is 0 Å². The van der Waals surface area contributed by atoms with E-state index in [-0.39, 0.29) is 18.9 Å². The Balaban J connectivity index is 1.86. The van der Waals surface area contributed by atoms with Gasteiger partial charge in [-0.05, 0) is 29.5 Å². The third kappa shape index (κ3) is 6.81. The fourth-order valence-corrected chi connectivity index (χ4v) is 4.81. The minimum absolute atomic E-state index is 0.150. The first-order chi connectivity index (χ1) is 18.6. The maximum atomic E-state index is 14.1. The van der Waals surface area contributed by atoms with E-state index in [0.29, 0.717) is 12.1 Å². The molecule has 4 rings (SSSR count). The summed E-state index contributed by atoms with van der Waals surface area (Å²) >= 11 is 0. The molecule has 2 amide bonds. The average molecular weight is 524 g/mol. The predicted octanol–water partition coefficient (Wildman–Crippen LogP) is 5.03. The highest BCUT2D eigenvalue weighted by atomic mass is 16.2. The standard InChI is InChI=1S/C32H37N5O2/c1-32(2,3)28(37(20-19-26(33)29(34)38)31(39)25-17-11-6-12-18-25)30-35-27(24-15-9-5-10-16-24)22-36(30)21-23-13-7-4-8-14-23/h4-18,22,26,28H,19-21,33H2,1-3H3,(H2,34,38)/t26-,28+/m1/s1. The van der Waals surface area contributed by atoms with Crippen LogP contribution in [0, 0.1) is 5.41 Å². The van der Waals surface area contributed by atoms with E-state index < -0.39 is 23.4 Å². The summed E-state index contributed by atoms with van der Waals surface area (Å²) in [5.41, 5.74) is 14.6. The van der Waals surface area contributed by atoms with Crippen molar-refractivity contribution >= 4 is 11.8 Å². The van der Waals surface area contributed by atoms with Crippen molar-refractivity contribution in [2.45, 2.75) is 45.8 Å². The molecule has 0 saturated carbocycles. The molecule has 0 fully saturated rings. The lowest BCUT2D eigenvalue weighted by Gasteiger charge is -2.40. The van der Waals surface area contributed by atoms with Gasteiger partial charge in [0, 0.05) is 30.4 Å². The first kappa shape index (κ1) is 27.8. The van der Waals surface area contributed by atoms with Crippen LogP contribution in [0.3, 0.4) is 0 Å². The number of carbonyl (C=O) groups excluding carboxylic acids is 2. The summed E-state index contributed by atoms with van der Waals surface area (Å²) in [4.78, 5) is 32.8. The average Bonchev–Trinajstić information content (AvgIpc) is 3.33. The van der Waals surface area contributed by atoms with Crippen LogP contribution in [0.25, 0.3) is 11.3 Å². The molecular weight excluding hydrogens is 486 g/mol. The summed E-state index contributed by atoms with van der Waals surface area (Å²) in [5, 5.41) is 0. The number of rotatable bonds is 10. The van der Waals surface area contributed by atoms with E-state index in [4.69, 9.17) is 16.5 Å². The molecule has 7 nitrogen and oxygen atoms in total. The van der Waals surface area contributed by atoms with Crippen molar-refractivity contribution in [3.63, 3.8) is 0 Å². The molecule has 1 aromatic heterocycles. The van der Waals surface area contributed by atoms with E-state index in [0.717, 1.165) is 22.6 Å². The Hall–Kier alpha value is -4.23. The van der Waals surface area contributed by atoms with E-state index in [2.05, 4.69) is 43.7 Å². The van der Waals surface area contributed by atoms with E-state index >= 15 is 0 Å². The zero-order valence-corrected chi connectivity index (χ0v) is 22.8. The minimum Gasteiger partial charge on any atom is -0.368 e. The molecule has 2 atom stereocenters. The second-order valence-electron chi connectivity index (χ2n) is 10.9. The van der Waals surface area contributed by atoms with Gasteiger partial charge < -0.3 is 20.9 Å². The van der Waals surface area contributed by atoms with Crippen LogP contribution in [0.2, 0.25) is 0 Å². The first-order valence-electron chi connectivity index (χ1n) is 13.2. The molecule has 202 valence electrons. The van der Waals surface area contributed by atoms with Gasteiger partial charge in [0.05, 0.1) is 17.8 Å². The summed E-state index contributed by atoms with van der Waals surface area (Å²) in [7, 11) is 0. The van der Waals surface area contributed by atoms with E-state index in [1.54, 1.807) is 17.0 Å². The van der Waals surface area contributed by atoms with Crippen LogP contribution >= 0.6 is 0 Å². The van der Waals surface area contributed by atoms with Crippen LogP contribution in [0.4, 0.5) is 0 Å². The molecule has 3 aromatic carbocycles. The van der Waals surface area contributed by atoms with Gasteiger partial charge in [0.1, 0.15) is 5.82 Å². The largest absolute Gasteiger partial charge is 0.368 e. The van der Waals surface area contributed by atoms with Crippen LogP contribution in [0.15, 0.2) is 97.2 Å². The van der Waals surface area contributed by atoms with E-state index in [1.165, 1.54) is 0 Å². The van der Waals surface area contributed by atoms with Gasteiger partial charge in [0.25, 0.3) is 5.91 Å². The number of nitrogens with zero attached hydrogens (tertiary/aromatic N) is 3. The zero-order valence-electron chi connectivity index (χ0n) is 22.8. The number of carbonyl (C=O) groups is 2. The number of aromatic nitrogens is 2. The molecule has 0 unspecified atom stereocenters. The maximum Gasteiger partial charge on any atom is 0.254 e. The molecule has 0 aliphatic heterocycles. The van der Waals surface area contributed by atoms with Crippen molar-refractivity contribution in [3.05, 3.63) is 114 Å². The normalized spacial score (nSPS) is 13.0. The zero-order chi connectivity index (χ0) is 28.0. The molecular formula is C32H37N5O2. The fraction of sp³-hybridized carbons (Fsp3) is 0.281. The van der Waals surface area contributed by atoms with Crippen molar-refractivity contribution in [2.24, 2.45) is 16.9 Å². The Morgan fingerprint density at radius 2 is 1.46 bits per heavy atom. The van der Waals surface area contributed by atoms with Crippen molar-refractivity contribution in [2.75, 3.05) is 6.54 Å². The Labute approximate surface area is 230 Å². The number of imidazole rings is 1. The minimum atomic E-state index is -0.861. The summed E-state index contributed by atoms with van der Waals surface area (Å²) in [6.07, 6.45) is 2.29. The molecule has 0 radical (unpaired) electrons. The SMILES string of the molecule is CC(C)(C)[C@H](c1nc(-c2ccccc2)cn1Cc1ccccc1)N(CC[C@@H](N)C(N)=O)C(=O)c1ccccc1. The number of hydrogen-bond acceptors (Lipinski definition) is 4. The second-order valence-corrected chi connectivity index (χ2v) is 10.9. The van der Waals surface area contributed by atoms with Gasteiger partial charge in [0.2, 0.25) is 5.91 Å². The monoisotopic (exact) mass is 523 g/mol. The Bertz CT molecular complexity index is 1380. The Morgan fingerprint density at radius 1 is 0.897 bits per heavy atom. The summed E-state index contributed by atoms with van der Waals surface area (Å²) in [6.45, 7) is 7.14. The van der Waals surface area contributed by atoms with Crippen LogP contribution in [0.5, 0.6) is 0 Å². The van der Waals surface area contributed by atoms with Crippen LogP contribution in [-0.4, -0.2) is 38.9 Å². The lowest BCUT2D eigenvalue weighted by molar-refractivity contribution is -0.119. The highest BCUT2D eigenvalue weighted by molar-refractivity contribution is 5.94. The van der Waals surface area contributed by atoms with Crippen molar-refractivity contribution in [1.82, 2.24) is 14.5 Å². The molecule has 7 heteroatoms. The van der Waals surface area contributed by atoms with Gasteiger partial charge in [-0.3, -0.25) is 9.59 Å². The van der Waals surface area contributed by atoms with Crippen LogP contribution in [-0.2, 0) is 11.3 Å². The molecule has 0 aliphatic carbocycles. The quantitative estimate of drug-likeness (QED) is 0.304. The summed E-state index contributed by atoms with van der Waals surface area (Å²) in [5.74, 6) is 0.0243.